The summed E-state index contributed by atoms with van der Waals surface area (Å²) >= 11 is 5.81. The molecule has 0 aliphatic rings. The molecule has 0 bridgehead atoms. The topological polar surface area (TPSA) is 109 Å². The molecular weight excluding hydrogens is 472 g/mol. The fraction of sp³-hybridized carbons (Fsp3) is 0.136. The number of amides is 1. The molecule has 3 rings (SSSR count). The van der Waals surface area contributed by atoms with Gasteiger partial charge in [0, 0.05) is 11.6 Å². The van der Waals surface area contributed by atoms with Gasteiger partial charge in [-0.05, 0) is 55.0 Å². The molecule has 3 aromatic carbocycles. The fourth-order valence-electron chi connectivity index (χ4n) is 2.89. The van der Waals surface area contributed by atoms with Crippen molar-refractivity contribution in [3.05, 3.63) is 89.4 Å². The van der Waals surface area contributed by atoms with E-state index in [-0.39, 0.29) is 39.8 Å². The molecule has 0 aliphatic heterocycles. The first-order valence-corrected chi connectivity index (χ1v) is 13.1. The van der Waals surface area contributed by atoms with Crippen molar-refractivity contribution in [2.45, 2.75) is 16.2 Å². The van der Waals surface area contributed by atoms with Crippen molar-refractivity contribution in [3.8, 4) is 0 Å². The Kier molecular flexibility index (Phi) is 7.55. The zero-order valence-corrected chi connectivity index (χ0v) is 19.3. The number of hydrogen-bond donors (Lipinski definition) is 2. The van der Waals surface area contributed by atoms with E-state index in [1.165, 1.54) is 48.5 Å². The summed E-state index contributed by atoms with van der Waals surface area (Å²) in [5.74, 6) is -0.640. The molecular formula is C22H21ClN2O5S2. The molecule has 0 aromatic heterocycles. The Hall–Kier alpha value is -2.88. The molecule has 3 aromatic rings. The van der Waals surface area contributed by atoms with Gasteiger partial charge < -0.3 is 5.32 Å². The molecule has 0 aliphatic carbocycles. The molecule has 2 N–H and O–H groups in total. The van der Waals surface area contributed by atoms with E-state index in [2.05, 4.69) is 10.0 Å². The predicted octanol–water partition coefficient (Wildman–Crippen LogP) is 3.73. The van der Waals surface area contributed by atoms with Crippen LogP contribution in [0.15, 0.2) is 88.7 Å². The first-order valence-electron chi connectivity index (χ1n) is 9.62. The minimum Gasteiger partial charge on any atom is -0.352 e. The third-order valence-corrected chi connectivity index (χ3v) is 7.97. The minimum absolute atomic E-state index is 0.00299. The number of anilines is 1. The quantitative estimate of drug-likeness (QED) is 0.442. The summed E-state index contributed by atoms with van der Waals surface area (Å²) < 4.78 is 52.3. The van der Waals surface area contributed by atoms with Gasteiger partial charge in [-0.2, -0.15) is 0 Å². The van der Waals surface area contributed by atoms with Gasteiger partial charge in [0.2, 0.25) is 0 Å². The van der Waals surface area contributed by atoms with Crippen LogP contribution in [0, 0.1) is 0 Å². The van der Waals surface area contributed by atoms with Crippen molar-refractivity contribution in [1.29, 1.82) is 0 Å². The van der Waals surface area contributed by atoms with E-state index < -0.39 is 25.8 Å². The van der Waals surface area contributed by atoms with Gasteiger partial charge in [-0.25, -0.2) is 16.8 Å². The van der Waals surface area contributed by atoms with Crippen LogP contribution in [0.3, 0.4) is 0 Å². The van der Waals surface area contributed by atoms with E-state index in [4.69, 9.17) is 11.6 Å². The lowest BCUT2D eigenvalue weighted by Gasteiger charge is -2.13. The molecule has 0 saturated carbocycles. The Morgan fingerprint density at radius 1 is 0.781 bits per heavy atom. The van der Waals surface area contributed by atoms with Crippen LogP contribution in [0.5, 0.6) is 0 Å². The highest BCUT2D eigenvalue weighted by atomic mass is 35.5. The van der Waals surface area contributed by atoms with Gasteiger partial charge in [0.1, 0.15) is 0 Å². The Morgan fingerprint density at radius 3 is 2.09 bits per heavy atom. The predicted molar refractivity (Wildman–Crippen MR) is 124 cm³/mol. The number of carbonyl (C=O) groups excluding carboxylic acids is 1. The lowest BCUT2D eigenvalue weighted by molar-refractivity contribution is 0.0954. The van der Waals surface area contributed by atoms with Gasteiger partial charge in [0.15, 0.2) is 9.84 Å². The smallest absolute Gasteiger partial charge is 0.261 e. The van der Waals surface area contributed by atoms with Crippen LogP contribution < -0.4 is 10.0 Å². The largest absolute Gasteiger partial charge is 0.352 e. The number of halogens is 1. The van der Waals surface area contributed by atoms with Gasteiger partial charge in [-0.3, -0.25) is 9.52 Å². The maximum absolute atomic E-state index is 12.6. The van der Waals surface area contributed by atoms with Gasteiger partial charge in [-0.1, -0.05) is 41.9 Å². The van der Waals surface area contributed by atoms with Crippen molar-refractivity contribution in [2.24, 2.45) is 0 Å². The first kappa shape index (κ1) is 23.8. The Labute approximate surface area is 192 Å². The van der Waals surface area contributed by atoms with Crippen molar-refractivity contribution in [3.63, 3.8) is 0 Å². The first-order chi connectivity index (χ1) is 15.2. The number of para-hydroxylation sites is 1. The van der Waals surface area contributed by atoms with Crippen LogP contribution in [0.25, 0.3) is 0 Å². The molecule has 168 valence electrons. The second kappa shape index (κ2) is 10.2. The lowest BCUT2D eigenvalue weighted by atomic mass is 10.1. The molecule has 32 heavy (non-hydrogen) atoms. The number of nitrogens with one attached hydrogen (secondary N) is 2. The number of hydrogen-bond acceptors (Lipinski definition) is 5. The number of benzene rings is 3. The molecule has 10 heteroatoms. The second-order valence-electron chi connectivity index (χ2n) is 6.85. The minimum atomic E-state index is -3.93. The summed E-state index contributed by atoms with van der Waals surface area (Å²) in [6, 6.07) is 19.9. The zero-order chi connectivity index (χ0) is 23.2. The van der Waals surface area contributed by atoms with Crippen LogP contribution in [0.2, 0.25) is 5.02 Å². The average Bonchev–Trinajstić information content (AvgIpc) is 2.77. The standard InChI is InChI=1S/C22H21ClN2O5S2/c23-17-11-13-19(14-12-17)32(29,30)25-21-10-5-4-9-20(21)22(26)24-15-6-16-31(27,28)18-7-2-1-3-8-18/h1-5,7-14,25H,6,15-16H2,(H,24,26). The summed E-state index contributed by atoms with van der Waals surface area (Å²) in [4.78, 5) is 12.8. The molecule has 0 spiro atoms. The van der Waals surface area contributed by atoms with E-state index in [1.54, 1.807) is 30.3 Å². The highest BCUT2D eigenvalue weighted by Gasteiger charge is 2.19. The molecule has 0 fully saturated rings. The molecule has 0 unspecified atom stereocenters. The van der Waals surface area contributed by atoms with Crippen molar-refractivity contribution < 1.29 is 21.6 Å². The van der Waals surface area contributed by atoms with Gasteiger partial charge in [0.05, 0.1) is 26.8 Å². The SMILES string of the molecule is O=C(NCCCS(=O)(=O)c1ccccc1)c1ccccc1NS(=O)(=O)c1ccc(Cl)cc1. The highest BCUT2D eigenvalue weighted by Crippen LogP contribution is 2.21. The molecule has 0 saturated heterocycles. The normalized spacial score (nSPS) is 11.7. The van der Waals surface area contributed by atoms with Crippen molar-refractivity contribution in [1.82, 2.24) is 5.32 Å². The summed E-state index contributed by atoms with van der Waals surface area (Å²) in [6.45, 7) is 0.114. The van der Waals surface area contributed by atoms with Crippen molar-refractivity contribution >= 4 is 43.1 Å². The third-order valence-electron chi connectivity index (χ3n) is 4.52. The zero-order valence-electron chi connectivity index (χ0n) is 16.9. The second-order valence-corrected chi connectivity index (χ2v) is 11.1. The molecule has 1 amide bonds. The van der Waals surface area contributed by atoms with Crippen LogP contribution >= 0.6 is 11.6 Å². The summed E-state index contributed by atoms with van der Waals surface area (Å²) in [5, 5.41) is 3.04. The van der Waals surface area contributed by atoms with Gasteiger partial charge in [0.25, 0.3) is 15.9 Å². The molecule has 0 radical (unpaired) electrons. The molecule has 7 nitrogen and oxygen atoms in total. The maximum atomic E-state index is 12.6. The number of rotatable bonds is 9. The van der Waals surface area contributed by atoms with Crippen LogP contribution in [-0.2, 0) is 19.9 Å². The molecule has 0 atom stereocenters. The van der Waals surface area contributed by atoms with Gasteiger partial charge in [-0.15, -0.1) is 0 Å². The summed E-state index contributed by atoms with van der Waals surface area (Å²) in [6.07, 6.45) is 0.210. The number of sulfone groups is 1. The van der Waals surface area contributed by atoms with Crippen LogP contribution in [0.1, 0.15) is 16.8 Å². The Balaban J connectivity index is 1.64. The Bertz CT molecular complexity index is 1290. The van der Waals surface area contributed by atoms with E-state index in [9.17, 15) is 21.6 Å². The van der Waals surface area contributed by atoms with Crippen molar-refractivity contribution in [2.75, 3.05) is 17.0 Å². The highest BCUT2D eigenvalue weighted by molar-refractivity contribution is 7.92. The van der Waals surface area contributed by atoms with Gasteiger partial charge >= 0.3 is 0 Å². The molecule has 0 heterocycles. The Morgan fingerprint density at radius 2 is 1.41 bits per heavy atom. The summed E-state index contributed by atoms with van der Waals surface area (Å²) in [5.41, 5.74) is 0.229. The monoisotopic (exact) mass is 492 g/mol. The van der Waals surface area contributed by atoms with Crippen LogP contribution in [0.4, 0.5) is 5.69 Å². The third kappa shape index (κ3) is 6.09. The van der Waals surface area contributed by atoms with E-state index >= 15 is 0 Å². The maximum Gasteiger partial charge on any atom is 0.261 e. The number of carbonyl (C=O) groups is 1. The van der Waals surface area contributed by atoms with Crippen LogP contribution in [-0.4, -0.2) is 35.0 Å². The van der Waals surface area contributed by atoms with E-state index in [0.717, 1.165) is 0 Å². The average molecular weight is 493 g/mol. The number of sulfonamides is 1. The van der Waals surface area contributed by atoms with E-state index in [1.807, 2.05) is 0 Å². The van der Waals surface area contributed by atoms with E-state index in [0.29, 0.717) is 5.02 Å². The lowest BCUT2D eigenvalue weighted by Crippen LogP contribution is -2.27. The fourth-order valence-corrected chi connectivity index (χ4v) is 5.43. The summed E-state index contributed by atoms with van der Waals surface area (Å²) in [7, 11) is -7.37.